The van der Waals surface area contributed by atoms with Gasteiger partial charge in [-0.05, 0) is 68.4 Å². The van der Waals surface area contributed by atoms with Crippen LogP contribution in [0.5, 0.6) is 11.5 Å². The number of carbonyl (C=O) groups excluding carboxylic acids is 1. The summed E-state index contributed by atoms with van der Waals surface area (Å²) in [5, 5.41) is 2.43. The van der Waals surface area contributed by atoms with Gasteiger partial charge in [-0.25, -0.2) is 0 Å². The molecule has 0 saturated carbocycles. The van der Waals surface area contributed by atoms with Crippen LogP contribution in [0.3, 0.4) is 0 Å². The highest BCUT2D eigenvalue weighted by Crippen LogP contribution is 2.58. The van der Waals surface area contributed by atoms with Gasteiger partial charge in [0.2, 0.25) is 0 Å². The summed E-state index contributed by atoms with van der Waals surface area (Å²) in [6, 6.07) is 38.0. The van der Waals surface area contributed by atoms with Gasteiger partial charge in [-0.2, -0.15) is 0 Å². The number of methoxy groups -OCH3 is 1. The molecule has 6 rings (SSSR count). The van der Waals surface area contributed by atoms with Crippen molar-refractivity contribution in [3.05, 3.63) is 131 Å². The van der Waals surface area contributed by atoms with Crippen LogP contribution < -0.4 is 9.47 Å². The Morgan fingerprint density at radius 2 is 1.29 bits per heavy atom. The van der Waals surface area contributed by atoms with E-state index in [0.29, 0.717) is 5.75 Å². The molecule has 0 fully saturated rings. The lowest BCUT2D eigenvalue weighted by atomic mass is 9.66. The number of esters is 1. The second-order valence-electron chi connectivity index (χ2n) is 8.85. The van der Waals surface area contributed by atoms with Crippen LogP contribution in [0.1, 0.15) is 29.2 Å². The number of carbonyl (C=O) groups is 1. The molecule has 0 amide bonds. The van der Waals surface area contributed by atoms with Crippen LogP contribution in [0, 0.1) is 0 Å². The number of benzene rings is 5. The zero-order valence-corrected chi connectivity index (χ0v) is 19.6. The van der Waals surface area contributed by atoms with E-state index in [0.717, 1.165) is 16.9 Å². The molecule has 3 nitrogen and oxygen atoms in total. The zero-order chi connectivity index (χ0) is 24.0. The van der Waals surface area contributed by atoms with Gasteiger partial charge in [0.1, 0.15) is 11.5 Å². The van der Waals surface area contributed by atoms with Gasteiger partial charge in [0, 0.05) is 6.92 Å². The molecule has 0 aliphatic heterocycles. The summed E-state index contributed by atoms with van der Waals surface area (Å²) < 4.78 is 10.8. The van der Waals surface area contributed by atoms with Crippen LogP contribution in [-0.2, 0) is 10.2 Å². The van der Waals surface area contributed by atoms with Crippen molar-refractivity contribution in [2.75, 3.05) is 7.11 Å². The summed E-state index contributed by atoms with van der Waals surface area (Å²) in [5.74, 6) is 1.03. The lowest BCUT2D eigenvalue weighted by Crippen LogP contribution is -2.28. The minimum atomic E-state index is -0.548. The molecule has 1 aliphatic rings. The Morgan fingerprint density at radius 3 is 1.97 bits per heavy atom. The average Bonchev–Trinajstić information content (AvgIpc) is 3.21. The predicted octanol–water partition coefficient (Wildman–Crippen LogP) is 7.14. The van der Waals surface area contributed by atoms with E-state index in [1.54, 1.807) is 7.11 Å². The van der Waals surface area contributed by atoms with Crippen LogP contribution in [0.2, 0.25) is 0 Å². The maximum absolute atomic E-state index is 11.5. The standard InChI is InChI=1S/C32H24O3/c1-21(33)35-26-18-14-24(15-19-26)32(23-12-16-25(34-2)17-13-23)30-10-6-5-9-28(30)29-20-11-22-7-3-4-8-27(22)31(29)32/h3-20H,1-2H3. The van der Waals surface area contributed by atoms with Gasteiger partial charge in [-0.15, -0.1) is 0 Å². The first-order valence-corrected chi connectivity index (χ1v) is 11.7. The van der Waals surface area contributed by atoms with E-state index in [1.165, 1.54) is 39.9 Å². The molecule has 0 radical (unpaired) electrons. The van der Waals surface area contributed by atoms with Crippen molar-refractivity contribution in [2.24, 2.45) is 0 Å². The van der Waals surface area contributed by atoms with Crippen molar-refractivity contribution >= 4 is 16.7 Å². The van der Waals surface area contributed by atoms with Crippen LogP contribution in [0.4, 0.5) is 0 Å². The molecule has 1 atom stereocenters. The summed E-state index contributed by atoms with van der Waals surface area (Å²) in [4.78, 5) is 11.5. The minimum Gasteiger partial charge on any atom is -0.497 e. The van der Waals surface area contributed by atoms with Gasteiger partial charge in [0.05, 0.1) is 12.5 Å². The fourth-order valence-electron chi connectivity index (χ4n) is 5.63. The normalized spacial score (nSPS) is 15.9. The molecule has 170 valence electrons. The van der Waals surface area contributed by atoms with Crippen LogP contribution in [0.25, 0.3) is 21.9 Å². The lowest BCUT2D eigenvalue weighted by Gasteiger charge is -2.34. The summed E-state index contributed by atoms with van der Waals surface area (Å²) in [5.41, 5.74) is 6.68. The van der Waals surface area contributed by atoms with E-state index in [-0.39, 0.29) is 5.97 Å². The molecular weight excluding hydrogens is 432 g/mol. The highest BCUT2D eigenvalue weighted by atomic mass is 16.5. The number of rotatable bonds is 4. The zero-order valence-electron chi connectivity index (χ0n) is 19.6. The van der Waals surface area contributed by atoms with Crippen LogP contribution >= 0.6 is 0 Å². The summed E-state index contributed by atoms with van der Waals surface area (Å²) in [6.07, 6.45) is 0. The van der Waals surface area contributed by atoms with Crippen LogP contribution in [-0.4, -0.2) is 13.1 Å². The molecule has 5 aromatic carbocycles. The Hall–Kier alpha value is -4.37. The Kier molecular flexibility index (Phi) is 4.93. The maximum Gasteiger partial charge on any atom is 0.308 e. The van der Waals surface area contributed by atoms with Crippen molar-refractivity contribution in [2.45, 2.75) is 12.3 Å². The number of hydrogen-bond donors (Lipinski definition) is 0. The highest BCUT2D eigenvalue weighted by Gasteiger charge is 2.47. The number of hydrogen-bond acceptors (Lipinski definition) is 3. The molecule has 3 heteroatoms. The van der Waals surface area contributed by atoms with Gasteiger partial charge in [0.15, 0.2) is 0 Å². The van der Waals surface area contributed by atoms with Crippen molar-refractivity contribution in [1.29, 1.82) is 0 Å². The first-order valence-electron chi connectivity index (χ1n) is 11.7. The van der Waals surface area contributed by atoms with Gasteiger partial charge < -0.3 is 9.47 Å². The third-order valence-corrected chi connectivity index (χ3v) is 7.00. The third-order valence-electron chi connectivity index (χ3n) is 7.00. The van der Waals surface area contributed by atoms with E-state index in [4.69, 9.17) is 9.47 Å². The monoisotopic (exact) mass is 456 g/mol. The molecule has 0 bridgehead atoms. The van der Waals surface area contributed by atoms with Crippen molar-refractivity contribution < 1.29 is 14.3 Å². The van der Waals surface area contributed by atoms with E-state index in [9.17, 15) is 4.79 Å². The highest BCUT2D eigenvalue weighted by molar-refractivity contribution is 6.00. The number of ether oxygens (including phenoxy) is 2. The Labute approximate surface area is 204 Å². The first kappa shape index (κ1) is 21.2. The van der Waals surface area contributed by atoms with Crippen molar-refractivity contribution in [1.82, 2.24) is 0 Å². The summed E-state index contributed by atoms with van der Waals surface area (Å²) >= 11 is 0. The van der Waals surface area contributed by atoms with Gasteiger partial charge >= 0.3 is 5.97 Å². The van der Waals surface area contributed by atoms with Crippen molar-refractivity contribution in [3.63, 3.8) is 0 Å². The molecule has 5 aromatic rings. The molecule has 1 unspecified atom stereocenters. The molecule has 35 heavy (non-hydrogen) atoms. The maximum atomic E-state index is 11.5. The first-order chi connectivity index (χ1) is 17.1. The predicted molar refractivity (Wildman–Crippen MR) is 139 cm³/mol. The van der Waals surface area contributed by atoms with Gasteiger partial charge in [-0.3, -0.25) is 4.79 Å². The fraction of sp³-hybridized carbons (Fsp3) is 0.0938. The quantitative estimate of drug-likeness (QED) is 0.209. The Balaban J connectivity index is 1.74. The van der Waals surface area contributed by atoms with Crippen molar-refractivity contribution in [3.8, 4) is 22.6 Å². The number of fused-ring (bicyclic) bond motifs is 5. The third kappa shape index (κ3) is 3.16. The summed E-state index contributed by atoms with van der Waals surface area (Å²) in [7, 11) is 1.69. The SMILES string of the molecule is COc1ccc(C2(c3ccc(OC(C)=O)cc3)c3ccccc3-c3ccc4ccccc4c32)cc1. The Bertz CT molecular complexity index is 1570. The molecule has 1 aliphatic carbocycles. The second kappa shape index (κ2) is 8.14. The molecule has 0 N–H and O–H groups in total. The minimum absolute atomic E-state index is 0.329. The summed E-state index contributed by atoms with van der Waals surface area (Å²) in [6.45, 7) is 1.42. The molecular formula is C32H24O3. The van der Waals surface area contributed by atoms with E-state index in [1.807, 2.05) is 24.3 Å². The lowest BCUT2D eigenvalue weighted by molar-refractivity contribution is -0.131. The molecule has 0 saturated heterocycles. The fourth-order valence-corrected chi connectivity index (χ4v) is 5.63. The van der Waals surface area contributed by atoms with E-state index >= 15 is 0 Å². The van der Waals surface area contributed by atoms with Gasteiger partial charge in [0.25, 0.3) is 0 Å². The smallest absolute Gasteiger partial charge is 0.308 e. The van der Waals surface area contributed by atoms with E-state index in [2.05, 4.69) is 84.9 Å². The van der Waals surface area contributed by atoms with Crippen LogP contribution in [0.15, 0.2) is 109 Å². The van der Waals surface area contributed by atoms with E-state index < -0.39 is 5.41 Å². The average molecular weight is 457 g/mol. The molecule has 0 heterocycles. The van der Waals surface area contributed by atoms with Gasteiger partial charge in [-0.1, -0.05) is 84.9 Å². The molecule has 0 aromatic heterocycles. The largest absolute Gasteiger partial charge is 0.497 e. The topological polar surface area (TPSA) is 35.5 Å². The second-order valence-corrected chi connectivity index (χ2v) is 8.85. The Morgan fingerprint density at radius 1 is 0.657 bits per heavy atom. The molecule has 0 spiro atoms.